The molecule has 3 rings (SSSR count). The molecule has 0 aliphatic heterocycles. The van der Waals surface area contributed by atoms with Gasteiger partial charge in [0.25, 0.3) is 5.56 Å². The van der Waals surface area contributed by atoms with Crippen LogP contribution in [0.5, 0.6) is 11.5 Å². The number of thioether (sulfide) groups is 1. The summed E-state index contributed by atoms with van der Waals surface area (Å²) in [6, 6.07) is 6.85. The van der Waals surface area contributed by atoms with Crippen LogP contribution in [0.3, 0.4) is 0 Å². The normalized spacial score (nSPS) is 10.8. The molecular weight excluding hydrogens is 402 g/mol. The number of carbonyl (C=O) groups is 1. The van der Waals surface area contributed by atoms with Crippen molar-refractivity contribution in [3.05, 3.63) is 40.0 Å². The number of hydrogen-bond acceptors (Lipinski definition) is 8. The molecule has 2 N–H and O–H groups in total. The fourth-order valence-corrected chi connectivity index (χ4v) is 4.15. The third kappa shape index (κ3) is 4.29. The summed E-state index contributed by atoms with van der Waals surface area (Å²) in [4.78, 5) is 29.4. The summed E-state index contributed by atoms with van der Waals surface area (Å²) in [5.41, 5.74) is 0.889. The Balaban J connectivity index is 1.76. The zero-order valence-electron chi connectivity index (χ0n) is 15.3. The second-order valence-electron chi connectivity index (χ2n) is 5.61. The quantitative estimate of drug-likeness (QED) is 0.425. The molecule has 0 radical (unpaired) electrons. The number of nitrogens with zero attached hydrogens (tertiary/aromatic N) is 2. The Morgan fingerprint density at radius 1 is 1.32 bits per heavy atom. The highest BCUT2D eigenvalue weighted by Gasteiger charge is 2.15. The van der Waals surface area contributed by atoms with E-state index in [1.54, 1.807) is 36.8 Å². The third-order valence-corrected chi connectivity index (χ3v) is 5.74. The van der Waals surface area contributed by atoms with E-state index in [0.717, 1.165) is 11.8 Å². The van der Waals surface area contributed by atoms with Crippen molar-refractivity contribution in [2.24, 2.45) is 0 Å². The Bertz CT molecular complexity index is 1050. The summed E-state index contributed by atoms with van der Waals surface area (Å²) in [6.45, 7) is -0.0722. The Hall–Kier alpha value is -2.56. The number of thiophene rings is 1. The maximum atomic E-state index is 12.6. The summed E-state index contributed by atoms with van der Waals surface area (Å²) < 4.78 is 12.3. The fraction of sp³-hybridized carbons (Fsp3) is 0.278. The summed E-state index contributed by atoms with van der Waals surface area (Å²) in [6.07, 6.45) is 0. The van der Waals surface area contributed by atoms with Crippen molar-refractivity contribution in [2.45, 2.75) is 11.7 Å². The van der Waals surface area contributed by atoms with Crippen LogP contribution in [-0.2, 0) is 11.3 Å². The first kappa shape index (κ1) is 20.2. The van der Waals surface area contributed by atoms with E-state index < -0.39 is 0 Å². The number of rotatable bonds is 8. The van der Waals surface area contributed by atoms with E-state index in [1.165, 1.54) is 23.0 Å². The number of carbonyl (C=O) groups excluding carboxylic acids is 1. The zero-order valence-corrected chi connectivity index (χ0v) is 16.9. The van der Waals surface area contributed by atoms with Crippen LogP contribution in [0.25, 0.3) is 10.2 Å². The predicted molar refractivity (Wildman–Crippen MR) is 110 cm³/mol. The first-order valence-electron chi connectivity index (χ1n) is 8.31. The van der Waals surface area contributed by atoms with Gasteiger partial charge < -0.3 is 19.9 Å². The molecule has 1 amide bonds. The topological polar surface area (TPSA) is 103 Å². The lowest BCUT2D eigenvalue weighted by Crippen LogP contribution is -2.25. The van der Waals surface area contributed by atoms with Gasteiger partial charge in [0.15, 0.2) is 5.16 Å². The molecule has 0 unspecified atom stereocenters. The number of aliphatic hydroxyl groups is 1. The number of benzene rings is 1. The molecule has 0 aliphatic carbocycles. The van der Waals surface area contributed by atoms with Crippen LogP contribution in [0.1, 0.15) is 0 Å². The standard InChI is InChI=1S/C18H19N3O5S2/c1-25-11-3-4-12(14(9-11)26-2)19-15(23)10-28-18-20-13-5-8-27-16(13)17(24)21(18)6-7-22/h3-5,8-9,22H,6-7,10H2,1-2H3,(H,19,23). The van der Waals surface area contributed by atoms with Gasteiger partial charge in [0.1, 0.15) is 16.2 Å². The second kappa shape index (κ2) is 9.09. The number of aliphatic hydroxyl groups excluding tert-OH is 1. The van der Waals surface area contributed by atoms with Crippen molar-refractivity contribution in [2.75, 3.05) is 31.9 Å². The number of nitrogens with one attached hydrogen (secondary N) is 1. The summed E-state index contributed by atoms with van der Waals surface area (Å²) >= 11 is 2.44. The SMILES string of the molecule is COc1ccc(NC(=O)CSc2nc3ccsc3c(=O)n2CCO)c(OC)c1. The van der Waals surface area contributed by atoms with Crippen molar-refractivity contribution < 1.29 is 19.4 Å². The van der Waals surface area contributed by atoms with Crippen LogP contribution in [0.15, 0.2) is 39.6 Å². The fourth-order valence-electron chi connectivity index (χ4n) is 2.55. The van der Waals surface area contributed by atoms with Crippen molar-refractivity contribution in [3.63, 3.8) is 0 Å². The van der Waals surface area contributed by atoms with Gasteiger partial charge in [0.05, 0.1) is 44.3 Å². The Morgan fingerprint density at radius 2 is 2.14 bits per heavy atom. The lowest BCUT2D eigenvalue weighted by molar-refractivity contribution is -0.113. The van der Waals surface area contributed by atoms with Gasteiger partial charge in [-0.15, -0.1) is 11.3 Å². The molecule has 8 nitrogen and oxygen atoms in total. The van der Waals surface area contributed by atoms with Gasteiger partial charge in [-0.1, -0.05) is 11.8 Å². The van der Waals surface area contributed by atoms with E-state index >= 15 is 0 Å². The average Bonchev–Trinajstić information content (AvgIpc) is 3.18. The monoisotopic (exact) mass is 421 g/mol. The maximum Gasteiger partial charge on any atom is 0.272 e. The Kier molecular flexibility index (Phi) is 6.55. The zero-order chi connectivity index (χ0) is 20.1. The minimum atomic E-state index is -0.274. The molecule has 1 aromatic carbocycles. The maximum absolute atomic E-state index is 12.6. The number of fused-ring (bicyclic) bond motifs is 1. The molecule has 0 fully saturated rings. The third-order valence-electron chi connectivity index (χ3n) is 3.87. The van der Waals surface area contributed by atoms with E-state index in [1.807, 2.05) is 0 Å². The van der Waals surface area contributed by atoms with E-state index in [0.29, 0.717) is 32.6 Å². The smallest absolute Gasteiger partial charge is 0.272 e. The van der Waals surface area contributed by atoms with E-state index in [9.17, 15) is 14.7 Å². The van der Waals surface area contributed by atoms with E-state index in [4.69, 9.17) is 9.47 Å². The Morgan fingerprint density at radius 3 is 2.86 bits per heavy atom. The first-order chi connectivity index (χ1) is 13.6. The highest BCUT2D eigenvalue weighted by molar-refractivity contribution is 7.99. The molecule has 0 spiro atoms. The molecule has 0 saturated heterocycles. The summed E-state index contributed by atoms with van der Waals surface area (Å²) in [5, 5.41) is 14.2. The van der Waals surface area contributed by atoms with Gasteiger partial charge in [-0.2, -0.15) is 0 Å². The molecule has 10 heteroatoms. The number of methoxy groups -OCH3 is 2. The molecule has 148 valence electrons. The molecule has 0 saturated carbocycles. The largest absolute Gasteiger partial charge is 0.497 e. The molecule has 2 aromatic heterocycles. The van der Waals surface area contributed by atoms with Crippen LogP contribution in [0.2, 0.25) is 0 Å². The van der Waals surface area contributed by atoms with E-state index in [2.05, 4.69) is 10.3 Å². The highest BCUT2D eigenvalue weighted by atomic mass is 32.2. The van der Waals surface area contributed by atoms with Gasteiger partial charge in [-0.25, -0.2) is 4.98 Å². The predicted octanol–water partition coefficient (Wildman–Crippen LogP) is 2.20. The molecular formula is C18H19N3O5S2. The lowest BCUT2D eigenvalue weighted by atomic mass is 10.2. The number of anilines is 1. The summed E-state index contributed by atoms with van der Waals surface area (Å²) in [7, 11) is 3.06. The number of amides is 1. The van der Waals surface area contributed by atoms with Crippen molar-refractivity contribution in [3.8, 4) is 11.5 Å². The molecule has 0 bridgehead atoms. The molecule has 28 heavy (non-hydrogen) atoms. The van der Waals surface area contributed by atoms with Crippen molar-refractivity contribution in [1.82, 2.24) is 9.55 Å². The van der Waals surface area contributed by atoms with Gasteiger partial charge in [0, 0.05) is 6.07 Å². The van der Waals surface area contributed by atoms with Gasteiger partial charge in [-0.05, 0) is 23.6 Å². The number of aromatic nitrogens is 2. The molecule has 0 atom stereocenters. The Labute approximate surface area is 169 Å². The minimum absolute atomic E-state index is 0.0443. The highest BCUT2D eigenvalue weighted by Crippen LogP contribution is 2.29. The molecule has 2 heterocycles. The lowest BCUT2D eigenvalue weighted by Gasteiger charge is -2.13. The van der Waals surface area contributed by atoms with Gasteiger partial charge in [0.2, 0.25) is 5.91 Å². The minimum Gasteiger partial charge on any atom is -0.497 e. The van der Waals surface area contributed by atoms with Gasteiger partial charge in [-0.3, -0.25) is 14.2 Å². The number of ether oxygens (including phenoxy) is 2. The van der Waals surface area contributed by atoms with Crippen LogP contribution < -0.4 is 20.3 Å². The summed E-state index contributed by atoms with van der Waals surface area (Å²) in [5.74, 6) is 0.866. The van der Waals surface area contributed by atoms with Crippen LogP contribution in [0, 0.1) is 0 Å². The van der Waals surface area contributed by atoms with Gasteiger partial charge >= 0.3 is 0 Å². The molecule has 0 aliphatic rings. The number of hydrogen-bond donors (Lipinski definition) is 2. The van der Waals surface area contributed by atoms with Crippen LogP contribution >= 0.6 is 23.1 Å². The van der Waals surface area contributed by atoms with Crippen molar-refractivity contribution in [1.29, 1.82) is 0 Å². The van der Waals surface area contributed by atoms with E-state index in [-0.39, 0.29) is 30.4 Å². The van der Waals surface area contributed by atoms with Crippen molar-refractivity contribution >= 4 is 44.9 Å². The van der Waals surface area contributed by atoms with Crippen LogP contribution in [-0.4, -0.2) is 47.1 Å². The molecule has 3 aromatic rings. The average molecular weight is 422 g/mol. The first-order valence-corrected chi connectivity index (χ1v) is 10.2. The van der Waals surface area contributed by atoms with Crippen LogP contribution in [0.4, 0.5) is 5.69 Å². The second-order valence-corrected chi connectivity index (χ2v) is 7.47.